The Morgan fingerprint density at radius 3 is 3.00 bits per heavy atom. The average Bonchev–Trinajstić information content (AvgIpc) is 2.75. The summed E-state index contributed by atoms with van der Waals surface area (Å²) >= 11 is 3.46. The van der Waals surface area contributed by atoms with E-state index >= 15 is 0 Å². The molecule has 0 saturated carbocycles. The van der Waals surface area contributed by atoms with Gasteiger partial charge in [-0.05, 0) is 59.3 Å². The van der Waals surface area contributed by atoms with Gasteiger partial charge in [0.05, 0.1) is 5.69 Å². The van der Waals surface area contributed by atoms with Gasteiger partial charge in [-0.2, -0.15) is 0 Å². The van der Waals surface area contributed by atoms with Crippen LogP contribution >= 0.6 is 15.9 Å². The maximum absolute atomic E-state index is 11.8. The van der Waals surface area contributed by atoms with Crippen LogP contribution in [-0.4, -0.2) is 5.91 Å². The molecule has 1 N–H and O–H groups in total. The average molecular weight is 294 g/mol. The van der Waals surface area contributed by atoms with Crippen molar-refractivity contribution >= 4 is 27.5 Å². The van der Waals surface area contributed by atoms with Crippen molar-refractivity contribution in [1.82, 2.24) is 0 Å². The molecule has 2 nitrogen and oxygen atoms in total. The Labute approximate surface area is 110 Å². The van der Waals surface area contributed by atoms with E-state index in [0.29, 0.717) is 12.3 Å². The molecule has 1 atom stereocenters. The van der Waals surface area contributed by atoms with E-state index in [0.717, 1.165) is 23.0 Å². The smallest absolute Gasteiger partial charge is 0.224 e. The van der Waals surface area contributed by atoms with Crippen LogP contribution in [0.2, 0.25) is 0 Å². The zero-order valence-corrected chi connectivity index (χ0v) is 11.5. The zero-order chi connectivity index (χ0) is 12.3. The monoisotopic (exact) mass is 293 g/mol. The summed E-state index contributed by atoms with van der Waals surface area (Å²) in [6, 6.07) is 5.93. The van der Waals surface area contributed by atoms with Crippen molar-refractivity contribution in [3.63, 3.8) is 0 Å². The van der Waals surface area contributed by atoms with Crippen LogP contribution in [0.1, 0.15) is 24.8 Å². The van der Waals surface area contributed by atoms with E-state index in [1.54, 1.807) is 0 Å². The molecular weight excluding hydrogens is 278 g/mol. The van der Waals surface area contributed by atoms with Crippen LogP contribution in [-0.2, 0) is 4.79 Å². The van der Waals surface area contributed by atoms with E-state index in [1.165, 1.54) is 5.56 Å². The lowest BCUT2D eigenvalue weighted by atomic mass is 10.1. The second kappa shape index (κ2) is 5.50. The van der Waals surface area contributed by atoms with Crippen LogP contribution in [0.5, 0.6) is 0 Å². The molecule has 0 heterocycles. The molecule has 0 aromatic heterocycles. The van der Waals surface area contributed by atoms with E-state index in [2.05, 4.69) is 33.4 Å². The lowest BCUT2D eigenvalue weighted by Crippen LogP contribution is -2.15. The Balaban J connectivity index is 1.95. The number of anilines is 1. The number of carbonyl (C=O) groups is 1. The summed E-state index contributed by atoms with van der Waals surface area (Å²) in [5.74, 6) is 0.505. The van der Waals surface area contributed by atoms with Crippen LogP contribution in [0.25, 0.3) is 0 Å². The van der Waals surface area contributed by atoms with Gasteiger partial charge in [0.1, 0.15) is 0 Å². The Bertz CT molecular complexity index is 454. The Morgan fingerprint density at radius 1 is 1.53 bits per heavy atom. The summed E-state index contributed by atoms with van der Waals surface area (Å²) in [6.45, 7) is 2.03. The fourth-order valence-corrected chi connectivity index (χ4v) is 2.62. The Morgan fingerprint density at radius 2 is 2.35 bits per heavy atom. The summed E-state index contributed by atoms with van der Waals surface area (Å²) in [5, 5.41) is 2.94. The molecule has 0 bridgehead atoms. The molecule has 17 heavy (non-hydrogen) atoms. The predicted molar refractivity (Wildman–Crippen MR) is 74.0 cm³/mol. The van der Waals surface area contributed by atoms with E-state index in [9.17, 15) is 4.79 Å². The minimum atomic E-state index is 0.0890. The topological polar surface area (TPSA) is 29.1 Å². The number of hydrogen-bond acceptors (Lipinski definition) is 1. The quantitative estimate of drug-likeness (QED) is 0.837. The number of carbonyl (C=O) groups excluding carboxylic acids is 1. The van der Waals surface area contributed by atoms with Crippen molar-refractivity contribution in [2.45, 2.75) is 26.2 Å². The fourth-order valence-electron chi connectivity index (χ4n) is 2.03. The molecular formula is C14H16BrNO. The number of hydrogen-bond donors (Lipinski definition) is 1. The van der Waals surface area contributed by atoms with Gasteiger partial charge in [0.15, 0.2) is 0 Å². The van der Waals surface area contributed by atoms with Crippen LogP contribution < -0.4 is 5.32 Å². The third kappa shape index (κ3) is 3.43. The first kappa shape index (κ1) is 12.4. The standard InChI is InChI=1S/C14H16BrNO/c1-10-6-7-13(12(15)8-10)16-14(17)9-11-4-2-3-5-11/h2,4,6-8,11H,3,5,9H2,1H3,(H,16,17)/t11-/m1/s1. The van der Waals surface area contributed by atoms with E-state index < -0.39 is 0 Å². The normalized spacial score (nSPS) is 18.4. The highest BCUT2D eigenvalue weighted by molar-refractivity contribution is 9.10. The third-order valence-corrected chi connectivity index (χ3v) is 3.61. The number of benzene rings is 1. The summed E-state index contributed by atoms with van der Waals surface area (Å²) < 4.78 is 0.938. The minimum Gasteiger partial charge on any atom is -0.325 e. The molecule has 0 unspecified atom stereocenters. The second-order valence-electron chi connectivity index (χ2n) is 4.50. The van der Waals surface area contributed by atoms with Crippen molar-refractivity contribution in [2.75, 3.05) is 5.32 Å². The Hall–Kier alpha value is -1.09. The van der Waals surface area contributed by atoms with Gasteiger partial charge in [-0.3, -0.25) is 4.79 Å². The zero-order valence-electron chi connectivity index (χ0n) is 9.87. The van der Waals surface area contributed by atoms with Crippen LogP contribution in [0, 0.1) is 12.8 Å². The molecule has 3 heteroatoms. The van der Waals surface area contributed by atoms with Gasteiger partial charge < -0.3 is 5.32 Å². The first-order chi connectivity index (χ1) is 8.15. The summed E-state index contributed by atoms with van der Waals surface area (Å²) in [5.41, 5.74) is 2.02. The third-order valence-electron chi connectivity index (χ3n) is 2.96. The number of rotatable bonds is 3. The molecule has 1 aliphatic carbocycles. The molecule has 0 saturated heterocycles. The van der Waals surface area contributed by atoms with E-state index in [1.807, 2.05) is 25.1 Å². The van der Waals surface area contributed by atoms with Crippen molar-refractivity contribution in [3.8, 4) is 0 Å². The van der Waals surface area contributed by atoms with Crippen molar-refractivity contribution in [3.05, 3.63) is 40.4 Å². The van der Waals surface area contributed by atoms with Gasteiger partial charge >= 0.3 is 0 Å². The summed E-state index contributed by atoms with van der Waals surface area (Å²) in [6.07, 6.45) is 7.08. The first-order valence-corrected chi connectivity index (χ1v) is 6.67. The first-order valence-electron chi connectivity index (χ1n) is 5.88. The Kier molecular flexibility index (Phi) is 4.00. The van der Waals surface area contributed by atoms with Crippen molar-refractivity contribution < 1.29 is 4.79 Å². The second-order valence-corrected chi connectivity index (χ2v) is 5.36. The fraction of sp³-hybridized carbons (Fsp3) is 0.357. The highest BCUT2D eigenvalue weighted by atomic mass is 79.9. The molecule has 1 aromatic carbocycles. The minimum absolute atomic E-state index is 0.0890. The number of amides is 1. The van der Waals surface area contributed by atoms with Gasteiger partial charge in [-0.25, -0.2) is 0 Å². The number of allylic oxidation sites excluding steroid dienone is 2. The van der Waals surface area contributed by atoms with Gasteiger partial charge in [-0.15, -0.1) is 0 Å². The molecule has 1 aromatic rings. The molecule has 1 amide bonds. The van der Waals surface area contributed by atoms with Crippen molar-refractivity contribution in [2.24, 2.45) is 5.92 Å². The SMILES string of the molecule is Cc1ccc(NC(=O)C[C@@H]2C=CCC2)c(Br)c1. The van der Waals surface area contributed by atoms with Gasteiger partial charge in [0.25, 0.3) is 0 Å². The van der Waals surface area contributed by atoms with Crippen LogP contribution in [0.4, 0.5) is 5.69 Å². The van der Waals surface area contributed by atoms with Crippen LogP contribution in [0.15, 0.2) is 34.8 Å². The molecule has 0 radical (unpaired) electrons. The summed E-state index contributed by atoms with van der Waals surface area (Å²) in [7, 11) is 0. The maximum atomic E-state index is 11.8. The van der Waals surface area contributed by atoms with Gasteiger partial charge in [0.2, 0.25) is 5.91 Å². The number of aryl methyl sites for hydroxylation is 1. The highest BCUT2D eigenvalue weighted by Gasteiger charge is 2.14. The molecule has 90 valence electrons. The van der Waals surface area contributed by atoms with Gasteiger partial charge in [0, 0.05) is 10.9 Å². The van der Waals surface area contributed by atoms with Crippen LogP contribution in [0.3, 0.4) is 0 Å². The van der Waals surface area contributed by atoms with Gasteiger partial charge in [-0.1, -0.05) is 18.2 Å². The lowest BCUT2D eigenvalue weighted by Gasteiger charge is -2.10. The van der Waals surface area contributed by atoms with E-state index in [-0.39, 0.29) is 5.91 Å². The largest absolute Gasteiger partial charge is 0.325 e. The highest BCUT2D eigenvalue weighted by Crippen LogP contribution is 2.25. The molecule has 0 spiro atoms. The van der Waals surface area contributed by atoms with E-state index in [4.69, 9.17) is 0 Å². The maximum Gasteiger partial charge on any atom is 0.224 e. The molecule has 0 aliphatic heterocycles. The number of nitrogens with one attached hydrogen (secondary N) is 1. The lowest BCUT2D eigenvalue weighted by molar-refractivity contribution is -0.116. The summed E-state index contributed by atoms with van der Waals surface area (Å²) in [4.78, 5) is 11.8. The number of halogens is 1. The molecule has 2 rings (SSSR count). The molecule has 0 fully saturated rings. The van der Waals surface area contributed by atoms with Crippen molar-refractivity contribution in [1.29, 1.82) is 0 Å². The predicted octanol–water partition coefficient (Wildman–Crippen LogP) is 4.05. The molecule has 1 aliphatic rings.